The number of fused-ring (bicyclic) bond motifs is 1. The van der Waals surface area contributed by atoms with E-state index in [2.05, 4.69) is 59.9 Å². The highest BCUT2D eigenvalue weighted by Crippen LogP contribution is 2.29. The van der Waals surface area contributed by atoms with Crippen molar-refractivity contribution in [3.8, 4) is 0 Å². The van der Waals surface area contributed by atoms with Gasteiger partial charge in [-0.25, -0.2) is 0 Å². The first-order chi connectivity index (χ1) is 13.5. The Balaban J connectivity index is 1.30. The van der Waals surface area contributed by atoms with Crippen LogP contribution in [-0.2, 0) is 17.6 Å². The third kappa shape index (κ3) is 4.96. The third-order valence-corrected chi connectivity index (χ3v) is 7.03. The van der Waals surface area contributed by atoms with Gasteiger partial charge in [-0.1, -0.05) is 38.1 Å². The highest BCUT2D eigenvalue weighted by atomic mass is 16.5. The van der Waals surface area contributed by atoms with Crippen molar-refractivity contribution in [3.63, 3.8) is 0 Å². The van der Waals surface area contributed by atoms with Crippen molar-refractivity contribution in [1.29, 1.82) is 0 Å². The van der Waals surface area contributed by atoms with Crippen LogP contribution in [0.4, 0.5) is 0 Å². The second-order valence-electron chi connectivity index (χ2n) is 10.1. The lowest BCUT2D eigenvalue weighted by atomic mass is 9.90. The lowest BCUT2D eigenvalue weighted by Gasteiger charge is -2.43. The van der Waals surface area contributed by atoms with Gasteiger partial charge >= 0.3 is 0 Å². The van der Waals surface area contributed by atoms with Gasteiger partial charge < -0.3 is 9.64 Å². The monoisotopic (exact) mass is 385 g/mol. The van der Waals surface area contributed by atoms with Crippen LogP contribution in [0.1, 0.15) is 37.8 Å². The first kappa shape index (κ1) is 20.3. The second kappa shape index (κ2) is 8.83. The molecule has 4 nitrogen and oxygen atoms in total. The Kier molecular flexibility index (Phi) is 6.41. The summed E-state index contributed by atoms with van der Waals surface area (Å²) in [7, 11) is 2.36. The fourth-order valence-corrected chi connectivity index (χ4v) is 5.69. The molecule has 28 heavy (non-hydrogen) atoms. The minimum Gasteiger partial charge on any atom is -0.379 e. The van der Waals surface area contributed by atoms with Crippen LogP contribution >= 0.6 is 0 Å². The SMILES string of the molecule is CN(CC(C)(C)CN1CCOCC1)C1CCCN(C2Cc3ccccc3C2)C1. The molecule has 0 saturated carbocycles. The molecule has 0 radical (unpaired) electrons. The number of rotatable bonds is 6. The van der Waals surface area contributed by atoms with Crippen molar-refractivity contribution in [1.82, 2.24) is 14.7 Å². The molecule has 1 unspecified atom stereocenters. The van der Waals surface area contributed by atoms with Gasteiger partial charge in [0.2, 0.25) is 0 Å². The van der Waals surface area contributed by atoms with E-state index in [-0.39, 0.29) is 0 Å². The molecule has 4 rings (SSSR count). The number of benzene rings is 1. The third-order valence-electron chi connectivity index (χ3n) is 7.03. The normalized spacial score (nSPS) is 25.4. The van der Waals surface area contributed by atoms with Crippen molar-refractivity contribution < 1.29 is 4.74 Å². The summed E-state index contributed by atoms with van der Waals surface area (Å²) >= 11 is 0. The predicted molar refractivity (Wildman–Crippen MR) is 116 cm³/mol. The van der Waals surface area contributed by atoms with Gasteiger partial charge in [-0.05, 0) is 55.8 Å². The quantitative estimate of drug-likeness (QED) is 0.749. The van der Waals surface area contributed by atoms with E-state index in [1.165, 1.54) is 51.9 Å². The summed E-state index contributed by atoms with van der Waals surface area (Å²) in [6.07, 6.45) is 5.18. The Labute approximate surface area is 171 Å². The summed E-state index contributed by atoms with van der Waals surface area (Å²) in [5.41, 5.74) is 3.47. The van der Waals surface area contributed by atoms with Crippen LogP contribution in [0.15, 0.2) is 24.3 Å². The van der Waals surface area contributed by atoms with E-state index in [1.54, 1.807) is 11.1 Å². The summed E-state index contributed by atoms with van der Waals surface area (Å²) in [4.78, 5) is 8.04. The molecule has 0 bridgehead atoms. The van der Waals surface area contributed by atoms with Crippen LogP contribution in [-0.4, -0.2) is 86.3 Å². The number of likely N-dealkylation sites (N-methyl/N-ethyl adjacent to an activating group) is 1. The summed E-state index contributed by atoms with van der Waals surface area (Å²) in [5.74, 6) is 0. The van der Waals surface area contributed by atoms with E-state index in [0.717, 1.165) is 32.3 Å². The first-order valence-corrected chi connectivity index (χ1v) is 11.3. The number of morpholine rings is 1. The zero-order chi connectivity index (χ0) is 19.6. The Hall–Kier alpha value is -0.940. The molecule has 2 saturated heterocycles. The number of likely N-dealkylation sites (tertiary alicyclic amines) is 1. The highest BCUT2D eigenvalue weighted by Gasteiger charge is 2.33. The Morgan fingerprint density at radius 1 is 1.07 bits per heavy atom. The second-order valence-corrected chi connectivity index (χ2v) is 10.1. The van der Waals surface area contributed by atoms with Crippen LogP contribution in [0.25, 0.3) is 0 Å². The summed E-state index contributed by atoms with van der Waals surface area (Å²) in [6, 6.07) is 10.5. The van der Waals surface area contributed by atoms with E-state index >= 15 is 0 Å². The molecule has 1 aromatic rings. The average molecular weight is 386 g/mol. The molecular weight excluding hydrogens is 346 g/mol. The van der Waals surface area contributed by atoms with Crippen molar-refractivity contribution in [3.05, 3.63) is 35.4 Å². The fourth-order valence-electron chi connectivity index (χ4n) is 5.69. The van der Waals surface area contributed by atoms with Gasteiger partial charge in [0.15, 0.2) is 0 Å². The van der Waals surface area contributed by atoms with Gasteiger partial charge in [0.1, 0.15) is 0 Å². The lowest BCUT2D eigenvalue weighted by molar-refractivity contribution is 0.00902. The maximum absolute atomic E-state index is 5.52. The van der Waals surface area contributed by atoms with Crippen LogP contribution in [0.5, 0.6) is 0 Å². The van der Waals surface area contributed by atoms with Crippen molar-refractivity contribution in [2.75, 3.05) is 59.5 Å². The number of hydrogen-bond donors (Lipinski definition) is 0. The average Bonchev–Trinajstić information content (AvgIpc) is 3.12. The summed E-state index contributed by atoms with van der Waals surface area (Å²) in [6.45, 7) is 13.7. The molecule has 1 aliphatic carbocycles. The number of nitrogens with zero attached hydrogens (tertiary/aromatic N) is 3. The Bertz CT molecular complexity index is 615. The molecule has 4 heteroatoms. The number of ether oxygens (including phenoxy) is 1. The van der Waals surface area contributed by atoms with Gasteiger partial charge in [0, 0.05) is 44.8 Å². The van der Waals surface area contributed by atoms with Crippen molar-refractivity contribution >= 4 is 0 Å². The number of piperidine rings is 1. The standard InChI is InChI=1S/C24H39N3O/c1-24(2,19-26-11-13-28-14-12-26)18-25(3)22-9-6-10-27(17-22)23-15-20-7-4-5-8-21(20)16-23/h4-5,7-8,22-23H,6,9-19H2,1-3H3. The molecule has 1 atom stereocenters. The lowest BCUT2D eigenvalue weighted by Crippen LogP contribution is -2.53. The molecule has 0 amide bonds. The van der Waals surface area contributed by atoms with Gasteiger partial charge in [0.25, 0.3) is 0 Å². The van der Waals surface area contributed by atoms with Gasteiger partial charge in [-0.15, -0.1) is 0 Å². The zero-order valence-corrected chi connectivity index (χ0v) is 18.2. The summed E-state index contributed by atoms with van der Waals surface area (Å²) in [5, 5.41) is 0. The molecule has 2 fully saturated rings. The largest absolute Gasteiger partial charge is 0.379 e. The minimum atomic E-state index is 0.317. The molecule has 0 N–H and O–H groups in total. The van der Waals surface area contributed by atoms with Gasteiger partial charge in [-0.3, -0.25) is 9.80 Å². The van der Waals surface area contributed by atoms with E-state index < -0.39 is 0 Å². The Morgan fingerprint density at radius 2 is 1.75 bits per heavy atom. The molecule has 2 aliphatic heterocycles. The molecular formula is C24H39N3O. The fraction of sp³-hybridized carbons (Fsp3) is 0.750. The molecule has 156 valence electrons. The molecule has 0 aromatic heterocycles. The van der Waals surface area contributed by atoms with Crippen LogP contribution in [0, 0.1) is 5.41 Å². The van der Waals surface area contributed by atoms with E-state index in [9.17, 15) is 0 Å². The van der Waals surface area contributed by atoms with Crippen LogP contribution in [0.2, 0.25) is 0 Å². The molecule has 1 aromatic carbocycles. The molecule has 0 spiro atoms. The zero-order valence-electron chi connectivity index (χ0n) is 18.2. The van der Waals surface area contributed by atoms with Gasteiger partial charge in [-0.2, -0.15) is 0 Å². The maximum atomic E-state index is 5.52. The topological polar surface area (TPSA) is 19.0 Å². The molecule has 2 heterocycles. The van der Waals surface area contributed by atoms with Crippen molar-refractivity contribution in [2.24, 2.45) is 5.41 Å². The van der Waals surface area contributed by atoms with E-state index in [4.69, 9.17) is 4.74 Å². The first-order valence-electron chi connectivity index (χ1n) is 11.3. The van der Waals surface area contributed by atoms with E-state index in [0.29, 0.717) is 11.5 Å². The van der Waals surface area contributed by atoms with Crippen LogP contribution < -0.4 is 0 Å². The van der Waals surface area contributed by atoms with E-state index in [1.807, 2.05) is 0 Å². The minimum absolute atomic E-state index is 0.317. The predicted octanol–water partition coefficient (Wildman–Crippen LogP) is 2.91. The maximum Gasteiger partial charge on any atom is 0.0594 e. The summed E-state index contributed by atoms with van der Waals surface area (Å²) < 4.78 is 5.52. The number of hydrogen-bond acceptors (Lipinski definition) is 4. The van der Waals surface area contributed by atoms with Gasteiger partial charge in [0.05, 0.1) is 13.2 Å². The molecule has 3 aliphatic rings. The van der Waals surface area contributed by atoms with Crippen molar-refractivity contribution in [2.45, 2.75) is 51.6 Å². The Morgan fingerprint density at radius 3 is 2.43 bits per heavy atom. The smallest absolute Gasteiger partial charge is 0.0594 e. The highest BCUT2D eigenvalue weighted by molar-refractivity contribution is 5.33. The van der Waals surface area contributed by atoms with Crippen LogP contribution in [0.3, 0.4) is 0 Å².